The molecule has 1 aromatic heterocycles. The Morgan fingerprint density at radius 2 is 0.709 bits per heavy atom. The number of primary amides is 1. The molecule has 0 saturated heterocycles. The highest BCUT2D eigenvalue weighted by molar-refractivity contribution is 6.04. The predicted octanol–water partition coefficient (Wildman–Crippen LogP) is 1.25. The Balaban J connectivity index is 1.20. The largest absolute Gasteiger partial charge is 0.496 e. The third kappa shape index (κ3) is 24.6. The van der Waals surface area contributed by atoms with Crippen LogP contribution in [0.4, 0.5) is 0 Å². The minimum Gasteiger partial charge on any atom is -0.496 e. The van der Waals surface area contributed by atoms with Gasteiger partial charge in [0.05, 0.1) is 74.9 Å². The van der Waals surface area contributed by atoms with Crippen molar-refractivity contribution in [3.63, 3.8) is 0 Å². The van der Waals surface area contributed by atoms with E-state index in [-0.39, 0.29) is 165 Å². The number of methoxy groups -OCH3 is 4. The first-order valence-corrected chi connectivity index (χ1v) is 33.2. The average molecular weight is 1420 g/mol. The third-order valence-electron chi connectivity index (χ3n) is 16.8. The molecule has 0 aliphatic carbocycles. The summed E-state index contributed by atoms with van der Waals surface area (Å²) in [4.78, 5) is 130. The van der Waals surface area contributed by atoms with Gasteiger partial charge in [-0.15, -0.1) is 0 Å². The van der Waals surface area contributed by atoms with E-state index >= 15 is 0 Å². The Bertz CT molecular complexity index is 4080. The maximum Gasteiger partial charge on any atom is 0.255 e. The number of amides is 5. The Kier molecular flexibility index (Phi) is 30.7. The summed E-state index contributed by atoms with van der Waals surface area (Å²) in [5.41, 5.74) is 36.9. The normalized spacial score (nSPS) is 12.3. The number of carbonyl (C=O) groups excluding carboxylic acids is 9. The fraction of sp³-hybridized carbons (Fsp3) is 0.366. The maximum atomic E-state index is 14.6. The van der Waals surface area contributed by atoms with Gasteiger partial charge >= 0.3 is 0 Å². The van der Waals surface area contributed by atoms with Crippen LogP contribution >= 0.6 is 0 Å². The highest BCUT2D eigenvalue weighted by Gasteiger charge is 2.30. The number of guanidine groups is 4. The molecule has 0 fully saturated rings. The van der Waals surface area contributed by atoms with Crippen LogP contribution in [0.5, 0.6) is 23.0 Å². The summed E-state index contributed by atoms with van der Waals surface area (Å²) in [5, 5.41) is 53.0. The molecule has 0 aliphatic rings. The summed E-state index contributed by atoms with van der Waals surface area (Å²) < 4.78 is 22.2. The fourth-order valence-electron chi connectivity index (χ4n) is 11.4. The lowest BCUT2D eigenvalue weighted by atomic mass is 9.96. The summed E-state index contributed by atoms with van der Waals surface area (Å²) in [6, 6.07) is 20.0. The zero-order chi connectivity index (χ0) is 75.3. The summed E-state index contributed by atoms with van der Waals surface area (Å²) >= 11 is 0. The average Bonchev–Trinajstić information content (AvgIpc) is 1.79. The molecular formula is C71H93N19O13. The highest BCUT2D eigenvalue weighted by Crippen LogP contribution is 2.28. The van der Waals surface area contributed by atoms with Crippen molar-refractivity contribution < 1.29 is 62.1 Å². The number of nitrogens with two attached hydrogens (primary N) is 6. The van der Waals surface area contributed by atoms with Gasteiger partial charge in [-0.2, -0.15) is 0 Å². The second-order valence-corrected chi connectivity index (χ2v) is 24.3. The number of nitrogens with one attached hydrogen (secondary N) is 13. The second-order valence-electron chi connectivity index (χ2n) is 24.3. The zero-order valence-electron chi connectivity index (χ0n) is 58.0. The van der Waals surface area contributed by atoms with Crippen molar-refractivity contribution in [1.82, 2.24) is 47.5 Å². The van der Waals surface area contributed by atoms with E-state index in [1.807, 2.05) is 24.3 Å². The lowest BCUT2D eigenvalue weighted by molar-refractivity contribution is -0.121. The van der Waals surface area contributed by atoms with E-state index < -0.39 is 77.1 Å². The fourth-order valence-corrected chi connectivity index (χ4v) is 11.4. The van der Waals surface area contributed by atoms with Crippen LogP contribution in [0.1, 0.15) is 121 Å². The van der Waals surface area contributed by atoms with Crippen molar-refractivity contribution in [2.45, 2.75) is 114 Å². The van der Waals surface area contributed by atoms with Crippen LogP contribution in [0.2, 0.25) is 0 Å². The molecule has 103 heavy (non-hydrogen) atoms. The Hall–Kier alpha value is -12.1. The molecule has 0 bridgehead atoms. The van der Waals surface area contributed by atoms with Crippen LogP contribution < -0.4 is 95.9 Å². The first-order chi connectivity index (χ1) is 49.2. The number of rotatable bonds is 43. The third-order valence-corrected chi connectivity index (χ3v) is 16.8. The smallest absolute Gasteiger partial charge is 0.255 e. The van der Waals surface area contributed by atoms with Gasteiger partial charge in [0.15, 0.2) is 47.0 Å². The van der Waals surface area contributed by atoms with Crippen LogP contribution in [0.25, 0.3) is 10.9 Å². The van der Waals surface area contributed by atoms with Gasteiger partial charge in [0.1, 0.15) is 29.0 Å². The van der Waals surface area contributed by atoms with E-state index in [9.17, 15) is 43.2 Å². The number of hydrogen-bond donors (Lipinski definition) is 19. The van der Waals surface area contributed by atoms with Crippen LogP contribution in [0.3, 0.4) is 0 Å². The minimum absolute atomic E-state index is 0.00259. The number of benzene rings is 5. The van der Waals surface area contributed by atoms with Gasteiger partial charge < -0.3 is 101 Å². The Morgan fingerprint density at radius 3 is 1.02 bits per heavy atom. The van der Waals surface area contributed by atoms with Gasteiger partial charge in [0.25, 0.3) is 23.6 Å². The maximum absolute atomic E-state index is 14.6. The van der Waals surface area contributed by atoms with E-state index in [4.69, 9.17) is 75.0 Å². The van der Waals surface area contributed by atoms with Crippen molar-refractivity contribution in [3.05, 3.63) is 153 Å². The Labute approximate surface area is 595 Å². The number of carbonyl (C=O) groups is 9. The molecule has 0 saturated carbocycles. The van der Waals surface area contributed by atoms with E-state index in [1.54, 1.807) is 30.5 Å². The van der Waals surface area contributed by atoms with Gasteiger partial charge in [-0.3, -0.25) is 64.8 Å². The number of H-pyrrole nitrogens is 1. The number of ketones is 4. The molecule has 5 atom stereocenters. The predicted molar refractivity (Wildman–Crippen MR) is 388 cm³/mol. The standard InChI is InChI=1S/C71H93N19O13/c1-100-59-21-17-39(33-55(91)49(72)12-7-25-82-68(74)75)29-45(59)64(96)87-51(14-8-26-83-69(76)77)56(92)34-40-18-22-60(101-2)46(30-40)65(97)88-52(15-9-27-84-70(78)79)57(93)35-41-19-23-61(102-3)47(31-41)66(98)89-53(16-10-28-85-71(80)81)58(94)36-42-20-24-62(103-4)48(32-42)67(99)90-54(63(73)95)37-43-38-86-50-13-6-5-11-44(43)50/h5-6,11,13,17-24,29-32,38,49,51-54,86H,7-10,12,14-16,25-28,33-37,72H2,1-4H3,(H2,73,95)(H,87,96)(H,88,97)(H,89,98)(H,90,99)(H4,74,75,82)(H4,76,77,83)(H4,78,79,84)(H4,80,81,85)/t49-,51-,52-,53-,54-/m0/s1. The number of aromatic nitrogens is 1. The summed E-state index contributed by atoms with van der Waals surface area (Å²) in [6.07, 6.45) is 2.39. The molecule has 0 aliphatic heterocycles. The molecule has 550 valence electrons. The number of para-hydroxylation sites is 1. The van der Waals surface area contributed by atoms with Crippen molar-refractivity contribution >= 4 is 87.4 Å². The van der Waals surface area contributed by atoms with Gasteiger partial charge in [-0.25, -0.2) is 0 Å². The number of hydrogen-bond acceptors (Lipinski definition) is 18. The summed E-state index contributed by atoms with van der Waals surface area (Å²) in [5.74, 6) is -6.17. The lowest BCUT2D eigenvalue weighted by Crippen LogP contribution is -2.46. The van der Waals surface area contributed by atoms with Crippen LogP contribution in [0, 0.1) is 21.6 Å². The van der Waals surface area contributed by atoms with Crippen molar-refractivity contribution in [3.8, 4) is 23.0 Å². The van der Waals surface area contributed by atoms with Crippen LogP contribution in [-0.2, 0) is 56.1 Å². The summed E-state index contributed by atoms with van der Waals surface area (Å²) in [7, 11) is 5.38. The van der Waals surface area contributed by atoms with Gasteiger partial charge in [-0.05, 0) is 134 Å². The van der Waals surface area contributed by atoms with Gasteiger partial charge in [0, 0.05) is 75.4 Å². The molecule has 0 spiro atoms. The molecule has 32 nitrogen and oxygen atoms in total. The minimum atomic E-state index is -1.21. The molecule has 0 radical (unpaired) electrons. The molecule has 32 heteroatoms. The molecule has 0 unspecified atom stereocenters. The first-order valence-electron chi connectivity index (χ1n) is 33.2. The van der Waals surface area contributed by atoms with Crippen molar-refractivity contribution in [2.24, 2.45) is 34.4 Å². The first kappa shape index (κ1) is 79.9. The van der Waals surface area contributed by atoms with Crippen molar-refractivity contribution in [2.75, 3.05) is 54.6 Å². The lowest BCUT2D eigenvalue weighted by Gasteiger charge is -2.21. The van der Waals surface area contributed by atoms with Crippen molar-refractivity contribution in [1.29, 1.82) is 21.6 Å². The molecule has 5 aromatic carbocycles. The van der Waals surface area contributed by atoms with E-state index in [0.29, 0.717) is 41.6 Å². The van der Waals surface area contributed by atoms with E-state index in [1.165, 1.54) is 77.0 Å². The number of ether oxygens (including phenoxy) is 4. The van der Waals surface area contributed by atoms with Gasteiger partial charge in [0.2, 0.25) is 5.91 Å². The SMILES string of the molecule is COc1ccc(CC(=O)[C@H](CCCNC(=N)N)NC(=O)c2cc(CC(=O)[C@H](CCCNC(=N)N)NC(=O)c3cc(CC(=O)[C@H](CCCNC(=N)N)NC(=O)c4cc(CC(=O)[C@@H](N)CCCNC(=N)N)ccc4OC)ccc3OC)ccc2OC)cc1C(=O)N[C@@H](Cc1c[nH]c2ccccc12)C(N)=O. The van der Waals surface area contributed by atoms with E-state index in [0.717, 1.165) is 16.5 Å². The highest BCUT2D eigenvalue weighted by atomic mass is 16.5. The Morgan fingerprint density at radius 1 is 0.408 bits per heavy atom. The zero-order valence-corrected chi connectivity index (χ0v) is 58.0. The number of Topliss-reactive ketones (excluding diaryl/α,β-unsaturated/α-hetero) is 4. The molecule has 25 N–H and O–H groups in total. The monoisotopic (exact) mass is 1420 g/mol. The quantitative estimate of drug-likeness (QED) is 0.0145. The molecule has 5 amide bonds. The van der Waals surface area contributed by atoms with Gasteiger partial charge in [-0.1, -0.05) is 42.5 Å². The van der Waals surface area contributed by atoms with Crippen LogP contribution in [0.15, 0.2) is 103 Å². The summed E-state index contributed by atoms with van der Waals surface area (Å²) in [6.45, 7) is 0.838. The molecular weight excluding hydrogens is 1330 g/mol. The van der Waals surface area contributed by atoms with E-state index in [2.05, 4.69) is 47.5 Å². The molecule has 1 heterocycles. The second kappa shape index (κ2) is 39.6. The number of aromatic amines is 1. The van der Waals surface area contributed by atoms with Crippen LogP contribution in [-0.4, -0.2) is 166 Å². The molecule has 6 rings (SSSR count). The topological polar surface area (TPSA) is 554 Å². The molecule has 6 aromatic rings. The number of fused-ring (bicyclic) bond motifs is 1.